The van der Waals surface area contributed by atoms with Crippen molar-refractivity contribution in [1.82, 2.24) is 14.9 Å². The van der Waals surface area contributed by atoms with Crippen LogP contribution in [0.1, 0.15) is 50.4 Å². The molecule has 4 heterocycles. The number of nitrogens with zero attached hydrogens (tertiary/aromatic N) is 3. The van der Waals surface area contributed by atoms with Crippen molar-refractivity contribution in [2.45, 2.75) is 45.4 Å². The Morgan fingerprint density at radius 1 is 1.20 bits per heavy atom. The van der Waals surface area contributed by atoms with Crippen molar-refractivity contribution in [2.24, 2.45) is 0 Å². The van der Waals surface area contributed by atoms with Crippen LogP contribution in [0.5, 0.6) is 5.88 Å². The summed E-state index contributed by atoms with van der Waals surface area (Å²) in [7, 11) is 1.56. The van der Waals surface area contributed by atoms with E-state index in [1.165, 1.54) is 12.6 Å². The Morgan fingerprint density at radius 2 is 1.93 bits per heavy atom. The van der Waals surface area contributed by atoms with E-state index in [4.69, 9.17) is 9.15 Å². The predicted molar refractivity (Wildman–Crippen MR) is 118 cm³/mol. The molecule has 3 aromatic rings. The summed E-state index contributed by atoms with van der Waals surface area (Å²) in [6.45, 7) is 7.02. The van der Waals surface area contributed by atoms with Crippen LogP contribution in [0.25, 0.3) is 11.0 Å². The minimum absolute atomic E-state index is 0.304. The topological polar surface area (TPSA) is 51.4 Å². The Bertz CT molecular complexity index is 955. The number of hydrogen-bond acceptors (Lipinski definition) is 5. The van der Waals surface area contributed by atoms with Gasteiger partial charge < -0.3 is 14.1 Å². The van der Waals surface area contributed by atoms with Crippen molar-refractivity contribution in [3.8, 4) is 5.88 Å². The van der Waals surface area contributed by atoms with Gasteiger partial charge in [0.2, 0.25) is 22.2 Å². The molecule has 1 saturated heterocycles. The Balaban J connectivity index is 0.000000806. The highest BCUT2D eigenvalue weighted by atomic mass is 27.0. The van der Waals surface area contributed by atoms with Gasteiger partial charge in [-0.05, 0) is 55.2 Å². The quantitative estimate of drug-likeness (QED) is 0.579. The van der Waals surface area contributed by atoms with Gasteiger partial charge in [-0.1, -0.05) is 20.3 Å². The standard InChI is InChI=1S/C20H21FN3O2.C3H8.Al/c1-25-19-5-4-17-20(23-19)15(16(21)13-22-17)8-11-24-9-6-14(7-10-24)18-3-2-12-26-18;1-3-2;/h2-5,13-14H,6-11H2,1H3;3H2,1-2H3;. The Kier molecular flexibility index (Phi) is 8.26. The van der Waals surface area contributed by atoms with Crippen LogP contribution in [-0.4, -0.2) is 57.9 Å². The number of furan rings is 1. The molecule has 4 rings (SSSR count). The molecule has 1 aliphatic rings. The van der Waals surface area contributed by atoms with E-state index >= 15 is 0 Å². The van der Waals surface area contributed by atoms with Crippen LogP contribution in [0.4, 0.5) is 4.39 Å². The molecule has 1 aliphatic heterocycles. The molecule has 0 aliphatic carbocycles. The summed E-state index contributed by atoms with van der Waals surface area (Å²) in [4.78, 5) is 10.9. The zero-order chi connectivity index (χ0) is 21.5. The molecule has 0 N–H and O–H groups in total. The third-order valence-electron chi connectivity index (χ3n) is 5.26. The second-order valence-electron chi connectivity index (χ2n) is 7.62. The summed E-state index contributed by atoms with van der Waals surface area (Å²) in [6.07, 6.45) is 5.26. The van der Waals surface area contributed by atoms with Crippen molar-refractivity contribution in [3.63, 3.8) is 0 Å². The fourth-order valence-electron chi connectivity index (χ4n) is 3.73. The molecular weight excluding hydrogens is 396 g/mol. The lowest BCUT2D eigenvalue weighted by atomic mass is 9.94. The van der Waals surface area contributed by atoms with Gasteiger partial charge in [-0.15, -0.1) is 0 Å². The van der Waals surface area contributed by atoms with Crippen LogP contribution in [0.15, 0.2) is 34.9 Å². The first kappa shape index (κ1) is 22.7. The van der Waals surface area contributed by atoms with E-state index in [0.717, 1.165) is 42.9 Å². The van der Waals surface area contributed by atoms with E-state index in [1.54, 1.807) is 13.2 Å². The molecule has 0 atom stereocenters. The SMILES string of the molecule is CCC.COc1ccc2ncc(F)c(CCN3CCC(c4cc[c]([Al])o4)CC3)c2n1. The number of pyridine rings is 2. The number of piperidine rings is 1. The Labute approximate surface area is 186 Å². The summed E-state index contributed by atoms with van der Waals surface area (Å²) in [5, 5.41) is 0. The highest BCUT2D eigenvalue weighted by Gasteiger charge is 2.23. The fraction of sp³-hybridized carbons (Fsp3) is 0.478. The molecule has 7 heteroatoms. The maximum Gasteiger partial charge on any atom is 0.241 e. The van der Waals surface area contributed by atoms with Gasteiger partial charge in [0.05, 0.1) is 24.3 Å². The zero-order valence-corrected chi connectivity index (χ0v) is 19.2. The average Bonchev–Trinajstić information content (AvgIpc) is 3.20. The van der Waals surface area contributed by atoms with Gasteiger partial charge in [0.15, 0.2) is 0 Å². The molecule has 2 radical (unpaired) electrons. The van der Waals surface area contributed by atoms with Crippen molar-refractivity contribution in [1.29, 1.82) is 0 Å². The Hall–Kier alpha value is -1.94. The van der Waals surface area contributed by atoms with Crippen LogP contribution in [0.3, 0.4) is 0 Å². The lowest BCUT2D eigenvalue weighted by molar-refractivity contribution is 0.205. The van der Waals surface area contributed by atoms with Crippen LogP contribution in [0, 0.1) is 5.82 Å². The summed E-state index contributed by atoms with van der Waals surface area (Å²) in [6, 6.07) is 7.63. The largest absolute Gasteiger partial charge is 0.487 e. The van der Waals surface area contributed by atoms with E-state index in [1.807, 2.05) is 12.1 Å². The van der Waals surface area contributed by atoms with E-state index in [-0.39, 0.29) is 5.82 Å². The molecule has 158 valence electrons. The third-order valence-corrected chi connectivity index (χ3v) is 5.57. The number of fused-ring (bicyclic) bond motifs is 1. The van der Waals surface area contributed by atoms with Crippen LogP contribution < -0.4 is 9.36 Å². The summed E-state index contributed by atoms with van der Waals surface area (Å²) in [5.41, 5.74) is 1.89. The first-order chi connectivity index (χ1) is 14.5. The number of halogens is 1. The lowest BCUT2D eigenvalue weighted by Gasteiger charge is -2.31. The van der Waals surface area contributed by atoms with Gasteiger partial charge in [0.1, 0.15) is 11.6 Å². The number of aromatic nitrogens is 2. The van der Waals surface area contributed by atoms with Crippen LogP contribution in [-0.2, 0) is 6.42 Å². The van der Waals surface area contributed by atoms with E-state index in [9.17, 15) is 4.39 Å². The van der Waals surface area contributed by atoms with Gasteiger partial charge in [0, 0.05) is 24.1 Å². The van der Waals surface area contributed by atoms with Gasteiger partial charge in [0.25, 0.3) is 0 Å². The second-order valence-corrected chi connectivity index (χ2v) is 8.19. The zero-order valence-electron chi connectivity index (χ0n) is 18.0. The highest BCUT2D eigenvalue weighted by Crippen LogP contribution is 2.28. The highest BCUT2D eigenvalue weighted by molar-refractivity contribution is 6.29. The molecule has 0 unspecified atom stereocenters. The van der Waals surface area contributed by atoms with E-state index < -0.39 is 0 Å². The van der Waals surface area contributed by atoms with Crippen LogP contribution >= 0.6 is 0 Å². The van der Waals surface area contributed by atoms with Gasteiger partial charge in [-0.2, -0.15) is 0 Å². The van der Waals surface area contributed by atoms with Gasteiger partial charge >= 0.3 is 0 Å². The fourth-order valence-corrected chi connectivity index (χ4v) is 3.96. The maximum absolute atomic E-state index is 14.4. The average molecular weight is 425 g/mol. The molecular formula is C23H29AlFN3O2. The smallest absolute Gasteiger partial charge is 0.241 e. The second kappa shape index (κ2) is 10.9. The predicted octanol–water partition coefficient (Wildman–Crippen LogP) is 4.00. The number of methoxy groups -OCH3 is 1. The van der Waals surface area contributed by atoms with Crippen LogP contribution in [0.2, 0.25) is 0 Å². The number of ether oxygens (including phenoxy) is 1. The molecule has 0 amide bonds. The minimum atomic E-state index is -0.304. The molecule has 0 saturated carbocycles. The summed E-state index contributed by atoms with van der Waals surface area (Å²) < 4.78 is 26.2. The normalized spacial score (nSPS) is 15.1. The van der Waals surface area contributed by atoms with Crippen molar-refractivity contribution in [2.75, 3.05) is 26.7 Å². The minimum Gasteiger partial charge on any atom is -0.487 e. The monoisotopic (exact) mass is 425 g/mol. The number of rotatable bonds is 5. The Morgan fingerprint density at radius 3 is 2.57 bits per heavy atom. The molecule has 5 nitrogen and oxygen atoms in total. The molecule has 30 heavy (non-hydrogen) atoms. The first-order valence-electron chi connectivity index (χ1n) is 10.6. The molecule has 0 bridgehead atoms. The third kappa shape index (κ3) is 5.60. The molecule has 0 aromatic carbocycles. The summed E-state index contributed by atoms with van der Waals surface area (Å²) in [5.74, 6) is 1.72. The number of hydrogen-bond donors (Lipinski definition) is 0. The maximum atomic E-state index is 14.4. The van der Waals surface area contributed by atoms with E-state index in [0.29, 0.717) is 34.8 Å². The van der Waals surface area contributed by atoms with Crippen molar-refractivity contribution < 1.29 is 13.5 Å². The van der Waals surface area contributed by atoms with Crippen molar-refractivity contribution >= 4 is 31.9 Å². The van der Waals surface area contributed by atoms with Crippen molar-refractivity contribution in [3.05, 3.63) is 47.6 Å². The number of likely N-dealkylation sites (tertiary alicyclic amines) is 1. The van der Waals surface area contributed by atoms with Gasteiger partial charge in [-0.3, -0.25) is 4.98 Å². The first-order valence-corrected chi connectivity index (χ1v) is 11.2. The molecule has 1 fully saturated rings. The van der Waals surface area contributed by atoms with Gasteiger partial charge in [-0.25, -0.2) is 9.37 Å². The van der Waals surface area contributed by atoms with E-state index in [2.05, 4.69) is 51.1 Å². The molecule has 3 aromatic heterocycles. The summed E-state index contributed by atoms with van der Waals surface area (Å²) >= 11 is 2.60. The lowest BCUT2D eigenvalue weighted by Crippen LogP contribution is -2.34. The molecule has 0 spiro atoms.